The minimum atomic E-state index is -0.833. The summed E-state index contributed by atoms with van der Waals surface area (Å²) >= 11 is 4.08. The molecule has 0 spiro atoms. The quantitative estimate of drug-likeness (QED) is 0.483. The van der Waals surface area contributed by atoms with Gasteiger partial charge in [0, 0.05) is 11.8 Å². The molecule has 0 saturated carbocycles. The summed E-state index contributed by atoms with van der Waals surface area (Å²) in [6.45, 7) is 1.08. The van der Waals surface area contributed by atoms with Crippen LogP contribution in [0.5, 0.6) is 0 Å². The second kappa shape index (κ2) is 11.8. The summed E-state index contributed by atoms with van der Waals surface area (Å²) in [6, 6.07) is 9.79. The molecule has 0 fully saturated rings. The molecular weight excluding hydrogens is 200 g/mol. The minimum Gasteiger partial charge on any atom is -0.481 e. The fourth-order valence-corrected chi connectivity index (χ4v) is 0.600. The summed E-state index contributed by atoms with van der Waals surface area (Å²) in [5.74, 6) is -0.833. The molecule has 0 aromatic heterocycles. The number of carboxylic acid groups (broad SMARTS) is 1. The maximum absolute atomic E-state index is 9.00. The second-order valence-electron chi connectivity index (χ2n) is 1.85. The number of thiol groups is 1. The average molecular weight is 215 g/mol. The highest BCUT2D eigenvalue weighted by Gasteiger charge is 1.73. The Morgan fingerprint density at radius 1 is 1.31 bits per heavy atom. The molecule has 3 N–H and O–H groups in total. The Hall–Kier alpha value is -0.234. The summed E-state index contributed by atoms with van der Waals surface area (Å²) in [5, 5.41) is 7.42. The Morgan fingerprint density at radius 2 is 1.62 bits per heavy atom. The Labute approximate surface area is 99.0 Å². The van der Waals surface area contributed by atoms with Crippen LogP contribution in [0.4, 0.5) is 0 Å². The van der Waals surface area contributed by atoms with Crippen molar-refractivity contribution in [2.45, 2.75) is 11.8 Å². The van der Waals surface area contributed by atoms with Gasteiger partial charge >= 0.3 is 23.1 Å². The van der Waals surface area contributed by atoms with Crippen LogP contribution in [0.2, 0.25) is 0 Å². The highest BCUT2D eigenvalue weighted by molar-refractivity contribution is 7.80. The summed E-state index contributed by atoms with van der Waals surface area (Å²) in [6.07, 6.45) is 0. The predicted molar refractivity (Wildman–Crippen MR) is 59.2 cm³/mol. The van der Waals surface area contributed by atoms with Crippen LogP contribution < -0.4 is 0 Å². The largest absolute Gasteiger partial charge is 0.481 e. The van der Waals surface area contributed by atoms with Crippen molar-refractivity contribution < 1.29 is 15.4 Å². The molecule has 1 rings (SSSR count). The first kappa shape index (κ1) is 18.5. The van der Waals surface area contributed by atoms with Crippen molar-refractivity contribution >= 4 is 41.7 Å². The van der Waals surface area contributed by atoms with Crippen LogP contribution in [0.15, 0.2) is 35.2 Å². The zero-order chi connectivity index (χ0) is 8.69. The molecule has 0 aliphatic rings. The number of hydrogen-bond donors (Lipinski definition) is 2. The molecule has 0 atom stereocenters. The van der Waals surface area contributed by atoms with Crippen LogP contribution in [0.1, 0.15) is 6.92 Å². The maximum Gasteiger partial charge on any atom is 0.316 e. The monoisotopic (exact) mass is 214 g/mol. The molecule has 13 heavy (non-hydrogen) atoms. The van der Waals surface area contributed by atoms with Crippen LogP contribution >= 0.6 is 12.6 Å². The molecule has 3 nitrogen and oxygen atoms in total. The predicted octanol–water partition coefficient (Wildman–Crippen LogP) is 0.325. The van der Waals surface area contributed by atoms with E-state index in [1.165, 1.54) is 0 Å². The zero-order valence-electron chi connectivity index (χ0n) is 6.69. The molecule has 1 aromatic rings. The van der Waals surface area contributed by atoms with Crippen molar-refractivity contribution in [2.24, 2.45) is 0 Å². The van der Waals surface area contributed by atoms with E-state index in [0.717, 1.165) is 11.8 Å². The van der Waals surface area contributed by atoms with Crippen LogP contribution in [-0.4, -0.2) is 39.6 Å². The van der Waals surface area contributed by atoms with Crippen molar-refractivity contribution in [1.29, 1.82) is 0 Å². The Morgan fingerprint density at radius 3 is 1.77 bits per heavy atom. The van der Waals surface area contributed by atoms with Crippen molar-refractivity contribution in [1.82, 2.24) is 0 Å². The van der Waals surface area contributed by atoms with Gasteiger partial charge in [0.1, 0.15) is 0 Å². The van der Waals surface area contributed by atoms with E-state index in [9.17, 15) is 0 Å². The lowest BCUT2D eigenvalue weighted by molar-refractivity contribution is -0.134. The van der Waals surface area contributed by atoms with Crippen molar-refractivity contribution in [3.05, 3.63) is 30.3 Å². The normalized spacial score (nSPS) is 6.62. The van der Waals surface area contributed by atoms with E-state index >= 15 is 0 Å². The van der Waals surface area contributed by atoms with Gasteiger partial charge in [0.15, 0.2) is 0 Å². The third-order valence-electron chi connectivity index (χ3n) is 0.756. The minimum absolute atomic E-state index is 0. The molecule has 0 saturated heterocycles. The number of rotatable bonds is 0. The molecule has 0 amide bonds. The van der Waals surface area contributed by atoms with E-state index in [1.54, 1.807) is 0 Å². The van der Waals surface area contributed by atoms with Crippen LogP contribution in [0.3, 0.4) is 0 Å². The van der Waals surface area contributed by atoms with Gasteiger partial charge in [-0.05, 0) is 12.1 Å². The van der Waals surface area contributed by atoms with Crippen LogP contribution in [-0.2, 0) is 4.79 Å². The van der Waals surface area contributed by atoms with Crippen molar-refractivity contribution in [3.63, 3.8) is 0 Å². The van der Waals surface area contributed by atoms with Gasteiger partial charge in [0.25, 0.3) is 5.97 Å². The average Bonchev–Trinajstić information content (AvgIpc) is 1.87. The molecular formula is C8H14MgO3S. The van der Waals surface area contributed by atoms with Crippen molar-refractivity contribution in [2.75, 3.05) is 0 Å². The highest BCUT2D eigenvalue weighted by atomic mass is 32.1. The molecule has 0 aliphatic heterocycles. The van der Waals surface area contributed by atoms with Gasteiger partial charge in [-0.15, -0.1) is 12.6 Å². The Kier molecular flexibility index (Phi) is 16.8. The summed E-state index contributed by atoms with van der Waals surface area (Å²) in [4.78, 5) is 10.0. The smallest absolute Gasteiger partial charge is 0.316 e. The van der Waals surface area contributed by atoms with Gasteiger partial charge in [-0.2, -0.15) is 0 Å². The fourth-order valence-electron chi connectivity index (χ4n) is 0.428. The lowest BCUT2D eigenvalue weighted by Crippen LogP contribution is -1.78. The van der Waals surface area contributed by atoms with Crippen molar-refractivity contribution in [3.8, 4) is 0 Å². The molecule has 0 aliphatic carbocycles. The number of carbonyl (C=O) groups is 1. The summed E-state index contributed by atoms with van der Waals surface area (Å²) in [5.41, 5.74) is 0. The fraction of sp³-hybridized carbons (Fsp3) is 0.125. The number of aliphatic carboxylic acids is 1. The van der Waals surface area contributed by atoms with E-state index in [4.69, 9.17) is 9.90 Å². The standard InChI is InChI=1S/C6H6S.C2H4O2.Mg.H2O.2H/c7-6-4-2-1-3-5-6;1-2(3)4;;;;/h1-5,7H;1H3,(H,3,4);;1H2;;. The third-order valence-corrected chi connectivity index (χ3v) is 1.05. The van der Waals surface area contributed by atoms with Crippen LogP contribution in [0, 0.1) is 0 Å². The third kappa shape index (κ3) is 18.6. The number of benzene rings is 1. The first-order valence-electron chi connectivity index (χ1n) is 3.06. The van der Waals surface area contributed by atoms with E-state index in [0.29, 0.717) is 0 Å². The maximum atomic E-state index is 9.00. The molecule has 5 heteroatoms. The van der Waals surface area contributed by atoms with Gasteiger partial charge in [0.05, 0.1) is 0 Å². The van der Waals surface area contributed by atoms with E-state index < -0.39 is 5.97 Å². The molecule has 0 unspecified atom stereocenters. The lowest BCUT2D eigenvalue weighted by atomic mass is 10.4. The first-order chi connectivity index (χ1) is 5.13. The highest BCUT2D eigenvalue weighted by Crippen LogP contribution is 2.00. The molecule has 72 valence electrons. The zero-order valence-corrected chi connectivity index (χ0v) is 7.58. The second-order valence-corrected chi connectivity index (χ2v) is 2.37. The van der Waals surface area contributed by atoms with Gasteiger partial charge < -0.3 is 10.6 Å². The first-order valence-corrected chi connectivity index (χ1v) is 3.51. The Bertz CT molecular complexity index is 212. The van der Waals surface area contributed by atoms with E-state index in [-0.39, 0.29) is 28.5 Å². The van der Waals surface area contributed by atoms with Gasteiger partial charge in [0.2, 0.25) is 0 Å². The SMILES string of the molecule is CC(=O)O.O.Sc1ccccc1.[MgH2]. The lowest BCUT2D eigenvalue weighted by Gasteiger charge is -1.81. The van der Waals surface area contributed by atoms with Gasteiger partial charge in [-0.25, -0.2) is 0 Å². The van der Waals surface area contributed by atoms with Gasteiger partial charge in [-0.3, -0.25) is 4.79 Å². The number of carboxylic acids is 1. The van der Waals surface area contributed by atoms with E-state index in [1.807, 2.05) is 30.3 Å². The molecule has 0 bridgehead atoms. The number of hydrogen-bond acceptors (Lipinski definition) is 2. The topological polar surface area (TPSA) is 68.8 Å². The van der Waals surface area contributed by atoms with Crippen LogP contribution in [0.25, 0.3) is 0 Å². The van der Waals surface area contributed by atoms with Gasteiger partial charge in [-0.1, -0.05) is 18.2 Å². The molecule has 1 aromatic carbocycles. The summed E-state index contributed by atoms with van der Waals surface area (Å²) < 4.78 is 0. The summed E-state index contributed by atoms with van der Waals surface area (Å²) in [7, 11) is 0. The molecule has 0 radical (unpaired) electrons. The molecule has 0 heterocycles. The van der Waals surface area contributed by atoms with E-state index in [2.05, 4.69) is 12.6 Å². The Balaban J connectivity index is -0.000000150.